The van der Waals surface area contributed by atoms with Crippen molar-refractivity contribution in [1.82, 2.24) is 0 Å². The summed E-state index contributed by atoms with van der Waals surface area (Å²) in [6.45, 7) is 4.99. The van der Waals surface area contributed by atoms with Gasteiger partial charge in [-0.25, -0.2) is 0 Å². The lowest BCUT2D eigenvalue weighted by Crippen LogP contribution is -2.32. The first-order valence-corrected chi connectivity index (χ1v) is 6.01. The van der Waals surface area contributed by atoms with Crippen LogP contribution >= 0.6 is 0 Å². The topological polar surface area (TPSA) is 55.6 Å². The van der Waals surface area contributed by atoms with E-state index >= 15 is 0 Å². The van der Waals surface area contributed by atoms with Crippen molar-refractivity contribution in [2.45, 2.75) is 13.3 Å². The number of nitrogens with zero attached hydrogens (tertiary/aromatic N) is 1. The summed E-state index contributed by atoms with van der Waals surface area (Å²) in [7, 11) is 0. The quantitative estimate of drug-likeness (QED) is 0.801. The van der Waals surface area contributed by atoms with Crippen molar-refractivity contribution in [3.05, 3.63) is 23.8 Å². The van der Waals surface area contributed by atoms with Gasteiger partial charge in [-0.05, 0) is 31.7 Å². The molecule has 1 aromatic carbocycles. The minimum Gasteiger partial charge on any atom is -0.490 e. The number of hydrogen-bond acceptors (Lipinski definition) is 4. The maximum Gasteiger partial charge on any atom is 0.164 e. The molecule has 1 aromatic rings. The summed E-state index contributed by atoms with van der Waals surface area (Å²) in [6, 6.07) is 5.60. The molecule has 0 atom stereocenters. The average Bonchev–Trinajstić information content (AvgIpc) is 2.37. The van der Waals surface area contributed by atoms with Crippen LogP contribution in [0.1, 0.15) is 23.7 Å². The standard InChI is InChI=1S/C13H18N2O2/c1-2-15-7-8-17-13-4-3-10(9-11(13)15)12(16)5-6-14/h3-4,9H,2,5-8,14H2,1H3. The predicted molar refractivity (Wildman–Crippen MR) is 67.8 cm³/mol. The summed E-state index contributed by atoms with van der Waals surface area (Å²) in [5, 5.41) is 0. The molecule has 2 N–H and O–H groups in total. The third kappa shape index (κ3) is 2.42. The summed E-state index contributed by atoms with van der Waals surface area (Å²) < 4.78 is 5.57. The van der Waals surface area contributed by atoms with E-state index in [2.05, 4.69) is 11.8 Å². The number of likely N-dealkylation sites (N-methyl/N-ethyl adjacent to an activating group) is 1. The van der Waals surface area contributed by atoms with Crippen LogP contribution in [0.3, 0.4) is 0 Å². The van der Waals surface area contributed by atoms with Gasteiger partial charge in [-0.3, -0.25) is 4.79 Å². The van der Waals surface area contributed by atoms with Crippen LogP contribution in [-0.2, 0) is 0 Å². The smallest absolute Gasteiger partial charge is 0.164 e. The summed E-state index contributed by atoms with van der Waals surface area (Å²) in [4.78, 5) is 14.0. The molecule has 17 heavy (non-hydrogen) atoms. The van der Waals surface area contributed by atoms with Crippen LogP contribution < -0.4 is 15.4 Å². The van der Waals surface area contributed by atoms with E-state index in [4.69, 9.17) is 10.5 Å². The third-order valence-corrected chi connectivity index (χ3v) is 2.99. The van der Waals surface area contributed by atoms with Crippen molar-refractivity contribution < 1.29 is 9.53 Å². The molecule has 0 aromatic heterocycles. The lowest BCUT2D eigenvalue weighted by Gasteiger charge is -2.30. The molecule has 2 rings (SSSR count). The number of nitrogens with two attached hydrogens (primary N) is 1. The number of carbonyl (C=O) groups excluding carboxylic acids is 1. The Labute approximate surface area is 101 Å². The molecule has 0 unspecified atom stereocenters. The highest BCUT2D eigenvalue weighted by Crippen LogP contribution is 2.32. The molecule has 0 saturated heterocycles. The van der Waals surface area contributed by atoms with Gasteiger partial charge in [0.2, 0.25) is 0 Å². The monoisotopic (exact) mass is 234 g/mol. The molecule has 0 radical (unpaired) electrons. The largest absolute Gasteiger partial charge is 0.490 e. The van der Waals surface area contributed by atoms with E-state index in [9.17, 15) is 4.79 Å². The highest BCUT2D eigenvalue weighted by molar-refractivity contribution is 5.97. The maximum absolute atomic E-state index is 11.8. The summed E-state index contributed by atoms with van der Waals surface area (Å²) in [5.74, 6) is 0.958. The first-order chi connectivity index (χ1) is 8.26. The summed E-state index contributed by atoms with van der Waals surface area (Å²) >= 11 is 0. The molecule has 0 saturated carbocycles. The highest BCUT2D eigenvalue weighted by Gasteiger charge is 2.18. The second kappa shape index (κ2) is 5.19. The number of hydrogen-bond donors (Lipinski definition) is 1. The fourth-order valence-corrected chi connectivity index (χ4v) is 2.05. The summed E-state index contributed by atoms with van der Waals surface area (Å²) in [6.07, 6.45) is 0.395. The van der Waals surface area contributed by atoms with Crippen molar-refractivity contribution >= 4 is 11.5 Å². The first-order valence-electron chi connectivity index (χ1n) is 6.01. The molecule has 1 aliphatic heterocycles. The number of ether oxygens (including phenoxy) is 1. The second-order valence-corrected chi connectivity index (χ2v) is 4.07. The minimum atomic E-state index is 0.0944. The average molecular weight is 234 g/mol. The Kier molecular flexibility index (Phi) is 3.64. The van der Waals surface area contributed by atoms with Gasteiger partial charge >= 0.3 is 0 Å². The zero-order valence-electron chi connectivity index (χ0n) is 10.1. The zero-order chi connectivity index (χ0) is 12.3. The van der Waals surface area contributed by atoms with Crippen LogP contribution in [0, 0.1) is 0 Å². The molecular formula is C13H18N2O2. The number of anilines is 1. The minimum absolute atomic E-state index is 0.0944. The Morgan fingerprint density at radius 3 is 3.06 bits per heavy atom. The van der Waals surface area contributed by atoms with Gasteiger partial charge in [0, 0.05) is 18.5 Å². The fraction of sp³-hybridized carbons (Fsp3) is 0.462. The van der Waals surface area contributed by atoms with Gasteiger partial charge in [0.25, 0.3) is 0 Å². The van der Waals surface area contributed by atoms with Gasteiger partial charge in [-0.2, -0.15) is 0 Å². The van der Waals surface area contributed by atoms with E-state index < -0.39 is 0 Å². The van der Waals surface area contributed by atoms with Crippen molar-refractivity contribution in [2.24, 2.45) is 5.73 Å². The lowest BCUT2D eigenvalue weighted by atomic mass is 10.1. The van der Waals surface area contributed by atoms with Gasteiger partial charge in [-0.1, -0.05) is 0 Å². The first kappa shape index (κ1) is 11.9. The number of benzene rings is 1. The van der Waals surface area contributed by atoms with Crippen LogP contribution in [0.4, 0.5) is 5.69 Å². The van der Waals surface area contributed by atoms with Gasteiger partial charge in [0.1, 0.15) is 12.4 Å². The zero-order valence-corrected chi connectivity index (χ0v) is 10.1. The summed E-state index contributed by atoms with van der Waals surface area (Å²) in [5.41, 5.74) is 7.14. The molecule has 1 heterocycles. The predicted octanol–water partition coefficient (Wildman–Crippen LogP) is 1.44. The Morgan fingerprint density at radius 2 is 2.35 bits per heavy atom. The van der Waals surface area contributed by atoms with Crippen LogP contribution in [-0.4, -0.2) is 32.0 Å². The highest BCUT2D eigenvalue weighted by atomic mass is 16.5. The van der Waals surface area contributed by atoms with E-state index in [1.807, 2.05) is 18.2 Å². The fourth-order valence-electron chi connectivity index (χ4n) is 2.05. The molecule has 1 aliphatic rings. The van der Waals surface area contributed by atoms with Crippen molar-refractivity contribution in [3.63, 3.8) is 0 Å². The van der Waals surface area contributed by atoms with Crippen molar-refractivity contribution in [2.75, 3.05) is 31.1 Å². The van der Waals surface area contributed by atoms with Crippen LogP contribution in [0.15, 0.2) is 18.2 Å². The Hall–Kier alpha value is -1.55. The van der Waals surface area contributed by atoms with E-state index in [1.54, 1.807) is 0 Å². The van der Waals surface area contributed by atoms with E-state index in [0.29, 0.717) is 19.6 Å². The van der Waals surface area contributed by atoms with E-state index in [-0.39, 0.29) is 5.78 Å². The van der Waals surface area contributed by atoms with Gasteiger partial charge in [0.15, 0.2) is 5.78 Å². The third-order valence-electron chi connectivity index (χ3n) is 2.99. The van der Waals surface area contributed by atoms with Gasteiger partial charge in [-0.15, -0.1) is 0 Å². The lowest BCUT2D eigenvalue weighted by molar-refractivity contribution is 0.0985. The van der Waals surface area contributed by atoms with Crippen molar-refractivity contribution in [1.29, 1.82) is 0 Å². The Balaban J connectivity index is 2.30. The second-order valence-electron chi connectivity index (χ2n) is 4.07. The van der Waals surface area contributed by atoms with Crippen LogP contribution in [0.2, 0.25) is 0 Å². The molecular weight excluding hydrogens is 216 g/mol. The maximum atomic E-state index is 11.8. The number of fused-ring (bicyclic) bond motifs is 1. The SMILES string of the molecule is CCN1CCOc2ccc(C(=O)CCN)cc21. The molecule has 0 spiro atoms. The molecule has 4 heteroatoms. The van der Waals surface area contributed by atoms with Crippen molar-refractivity contribution in [3.8, 4) is 5.75 Å². The van der Waals surface area contributed by atoms with Gasteiger partial charge in [0.05, 0.1) is 12.2 Å². The molecule has 0 amide bonds. The van der Waals surface area contributed by atoms with E-state index in [1.165, 1.54) is 0 Å². The Morgan fingerprint density at radius 1 is 1.53 bits per heavy atom. The number of rotatable bonds is 4. The number of ketones is 1. The molecule has 4 nitrogen and oxygen atoms in total. The molecule has 0 fully saturated rings. The van der Waals surface area contributed by atoms with Crippen LogP contribution in [0.25, 0.3) is 0 Å². The number of Topliss-reactive ketones (excluding diaryl/α,β-unsaturated/α-hetero) is 1. The van der Waals surface area contributed by atoms with Crippen LogP contribution in [0.5, 0.6) is 5.75 Å². The molecule has 0 bridgehead atoms. The Bertz CT molecular complexity index is 418. The number of carbonyl (C=O) groups is 1. The molecule has 0 aliphatic carbocycles. The molecule has 92 valence electrons. The van der Waals surface area contributed by atoms with Gasteiger partial charge < -0.3 is 15.4 Å². The normalized spacial score (nSPS) is 14.1. The van der Waals surface area contributed by atoms with E-state index in [0.717, 1.165) is 30.1 Å².